The lowest BCUT2D eigenvalue weighted by molar-refractivity contribution is 0.102. The zero-order valence-electron chi connectivity index (χ0n) is 13.7. The number of fused-ring (bicyclic) bond motifs is 1. The summed E-state index contributed by atoms with van der Waals surface area (Å²) in [5.74, 6) is 0.494. The molecular formula is C17H19N5O2. The van der Waals surface area contributed by atoms with Gasteiger partial charge in [0.15, 0.2) is 0 Å². The van der Waals surface area contributed by atoms with E-state index in [4.69, 9.17) is 4.74 Å². The molecule has 0 bridgehead atoms. The average molecular weight is 325 g/mol. The molecule has 2 aromatic heterocycles. The summed E-state index contributed by atoms with van der Waals surface area (Å²) in [6.45, 7) is 2.71. The number of aromatic nitrogens is 4. The monoisotopic (exact) mass is 325 g/mol. The maximum atomic E-state index is 12.6. The standard InChI is InChI=1S/C17H19N5O2/c1-10-12-8-11(5-6-13(12)20-19-10)17(23)18-16-9-14(21-22(16)2)15-4-3-7-24-15/h5-6,8-9,15H,3-4,7H2,1-2H3,(H,18,23)(H,19,20). The molecule has 1 fully saturated rings. The fourth-order valence-corrected chi connectivity index (χ4v) is 3.04. The summed E-state index contributed by atoms with van der Waals surface area (Å²) >= 11 is 0. The Bertz CT molecular complexity index is 905. The number of ether oxygens (including phenoxy) is 1. The largest absolute Gasteiger partial charge is 0.372 e. The summed E-state index contributed by atoms with van der Waals surface area (Å²) in [5.41, 5.74) is 3.25. The molecule has 0 aliphatic carbocycles. The molecule has 124 valence electrons. The number of amides is 1. The number of nitrogens with one attached hydrogen (secondary N) is 2. The lowest BCUT2D eigenvalue weighted by Crippen LogP contribution is -2.14. The fourth-order valence-electron chi connectivity index (χ4n) is 3.04. The Morgan fingerprint density at radius 1 is 1.42 bits per heavy atom. The van der Waals surface area contributed by atoms with E-state index in [1.165, 1.54) is 0 Å². The molecule has 7 heteroatoms. The minimum atomic E-state index is -0.167. The minimum absolute atomic E-state index is 0.0341. The quantitative estimate of drug-likeness (QED) is 0.775. The number of nitrogens with zero attached hydrogens (tertiary/aromatic N) is 3. The molecule has 1 aliphatic heterocycles. The predicted octanol–water partition coefficient (Wildman–Crippen LogP) is 2.71. The third kappa shape index (κ3) is 2.56. The van der Waals surface area contributed by atoms with Gasteiger partial charge in [-0.1, -0.05) is 0 Å². The van der Waals surface area contributed by atoms with Crippen LogP contribution in [-0.2, 0) is 11.8 Å². The van der Waals surface area contributed by atoms with Crippen molar-refractivity contribution in [1.29, 1.82) is 0 Å². The number of aromatic amines is 1. The minimum Gasteiger partial charge on any atom is -0.372 e. The third-order valence-electron chi connectivity index (χ3n) is 4.41. The second-order valence-corrected chi connectivity index (χ2v) is 6.11. The molecule has 4 rings (SSSR count). The van der Waals surface area contributed by atoms with Crippen molar-refractivity contribution in [2.75, 3.05) is 11.9 Å². The number of aryl methyl sites for hydroxylation is 2. The second kappa shape index (κ2) is 5.76. The van der Waals surface area contributed by atoms with Crippen molar-refractivity contribution in [2.45, 2.75) is 25.9 Å². The van der Waals surface area contributed by atoms with Crippen LogP contribution in [0.2, 0.25) is 0 Å². The summed E-state index contributed by atoms with van der Waals surface area (Å²) in [5, 5.41) is 15.4. The molecule has 24 heavy (non-hydrogen) atoms. The summed E-state index contributed by atoms with van der Waals surface area (Å²) in [7, 11) is 1.82. The van der Waals surface area contributed by atoms with Crippen LogP contribution in [0.1, 0.15) is 40.7 Å². The van der Waals surface area contributed by atoms with E-state index in [-0.39, 0.29) is 12.0 Å². The van der Waals surface area contributed by atoms with Gasteiger partial charge in [0.05, 0.1) is 11.2 Å². The Morgan fingerprint density at radius 2 is 2.29 bits per heavy atom. The van der Waals surface area contributed by atoms with Gasteiger partial charge in [-0.2, -0.15) is 10.2 Å². The van der Waals surface area contributed by atoms with Crippen LogP contribution in [0.5, 0.6) is 0 Å². The normalized spacial score (nSPS) is 17.5. The first-order valence-electron chi connectivity index (χ1n) is 8.03. The fraction of sp³-hybridized carbons (Fsp3) is 0.353. The number of rotatable bonds is 3. The van der Waals surface area contributed by atoms with Crippen LogP contribution >= 0.6 is 0 Å². The second-order valence-electron chi connectivity index (χ2n) is 6.11. The number of benzene rings is 1. The van der Waals surface area contributed by atoms with Gasteiger partial charge in [0.2, 0.25) is 0 Å². The third-order valence-corrected chi connectivity index (χ3v) is 4.41. The van der Waals surface area contributed by atoms with E-state index in [9.17, 15) is 4.79 Å². The van der Waals surface area contributed by atoms with Crippen LogP contribution in [0.3, 0.4) is 0 Å². The first-order valence-corrected chi connectivity index (χ1v) is 8.03. The van der Waals surface area contributed by atoms with E-state index in [1.54, 1.807) is 10.7 Å². The van der Waals surface area contributed by atoms with Gasteiger partial charge >= 0.3 is 0 Å². The maximum absolute atomic E-state index is 12.6. The Hall–Kier alpha value is -2.67. The van der Waals surface area contributed by atoms with Crippen LogP contribution in [0, 0.1) is 6.92 Å². The molecule has 7 nitrogen and oxygen atoms in total. The number of hydrogen-bond acceptors (Lipinski definition) is 4. The smallest absolute Gasteiger partial charge is 0.256 e. The molecule has 2 N–H and O–H groups in total. The van der Waals surface area contributed by atoms with Crippen LogP contribution in [0.4, 0.5) is 5.82 Å². The molecule has 0 saturated carbocycles. The van der Waals surface area contributed by atoms with Gasteiger partial charge in [-0.25, -0.2) is 0 Å². The van der Waals surface area contributed by atoms with Gasteiger partial charge in [-0.15, -0.1) is 0 Å². The number of H-pyrrole nitrogens is 1. The van der Waals surface area contributed by atoms with Crippen molar-refractivity contribution in [3.8, 4) is 0 Å². The van der Waals surface area contributed by atoms with Crippen molar-refractivity contribution >= 4 is 22.6 Å². The first kappa shape index (κ1) is 14.9. The predicted molar refractivity (Wildman–Crippen MR) is 89.9 cm³/mol. The van der Waals surface area contributed by atoms with E-state index in [0.29, 0.717) is 11.4 Å². The number of carbonyl (C=O) groups is 1. The van der Waals surface area contributed by atoms with E-state index >= 15 is 0 Å². The molecule has 1 atom stereocenters. The first-order chi connectivity index (χ1) is 11.6. The van der Waals surface area contributed by atoms with E-state index in [0.717, 1.165) is 41.7 Å². The van der Waals surface area contributed by atoms with Gasteiger partial charge in [0.1, 0.15) is 11.9 Å². The maximum Gasteiger partial charge on any atom is 0.256 e. The topological polar surface area (TPSA) is 84.8 Å². The summed E-state index contributed by atoms with van der Waals surface area (Å²) in [6.07, 6.45) is 2.06. The Balaban J connectivity index is 1.57. The highest BCUT2D eigenvalue weighted by atomic mass is 16.5. The van der Waals surface area contributed by atoms with Crippen LogP contribution < -0.4 is 5.32 Å². The SMILES string of the molecule is Cc1[nH]nc2ccc(C(=O)Nc3cc(C4CCCO4)nn3C)cc12. The highest BCUT2D eigenvalue weighted by molar-refractivity contribution is 6.06. The van der Waals surface area contributed by atoms with Crippen molar-refractivity contribution in [2.24, 2.45) is 7.05 Å². The summed E-state index contributed by atoms with van der Waals surface area (Å²) in [4.78, 5) is 12.6. The van der Waals surface area contributed by atoms with Crippen LogP contribution in [0.25, 0.3) is 10.9 Å². The lowest BCUT2D eigenvalue weighted by atomic mass is 10.1. The van der Waals surface area contributed by atoms with E-state index in [1.807, 2.05) is 32.2 Å². The molecular weight excluding hydrogens is 306 g/mol. The van der Waals surface area contributed by atoms with Gasteiger partial charge in [0, 0.05) is 36.4 Å². The Kier molecular flexibility index (Phi) is 3.57. The number of hydrogen-bond donors (Lipinski definition) is 2. The molecule has 1 unspecified atom stereocenters. The molecule has 1 amide bonds. The highest BCUT2D eigenvalue weighted by Crippen LogP contribution is 2.29. The molecule has 1 saturated heterocycles. The lowest BCUT2D eigenvalue weighted by Gasteiger charge is -2.05. The highest BCUT2D eigenvalue weighted by Gasteiger charge is 2.22. The van der Waals surface area contributed by atoms with Crippen molar-refractivity contribution < 1.29 is 9.53 Å². The summed E-state index contributed by atoms with van der Waals surface area (Å²) < 4.78 is 7.33. The van der Waals surface area contributed by atoms with Gasteiger partial charge in [0.25, 0.3) is 5.91 Å². The number of anilines is 1. The summed E-state index contributed by atoms with van der Waals surface area (Å²) in [6, 6.07) is 7.35. The van der Waals surface area contributed by atoms with E-state index in [2.05, 4.69) is 20.6 Å². The van der Waals surface area contributed by atoms with Crippen molar-refractivity contribution in [3.05, 3.63) is 41.2 Å². The van der Waals surface area contributed by atoms with Crippen molar-refractivity contribution in [1.82, 2.24) is 20.0 Å². The zero-order valence-corrected chi connectivity index (χ0v) is 13.7. The molecule has 3 aromatic rings. The Labute approximate surface area is 139 Å². The average Bonchev–Trinajstić information content (AvgIpc) is 3.29. The van der Waals surface area contributed by atoms with Crippen LogP contribution in [-0.4, -0.2) is 32.5 Å². The number of carbonyl (C=O) groups excluding carboxylic acids is 1. The van der Waals surface area contributed by atoms with E-state index < -0.39 is 0 Å². The van der Waals surface area contributed by atoms with Gasteiger partial charge in [-0.3, -0.25) is 14.6 Å². The molecule has 3 heterocycles. The molecule has 1 aliphatic rings. The van der Waals surface area contributed by atoms with Gasteiger partial charge in [-0.05, 0) is 38.0 Å². The van der Waals surface area contributed by atoms with Crippen molar-refractivity contribution in [3.63, 3.8) is 0 Å². The zero-order chi connectivity index (χ0) is 16.7. The molecule has 0 spiro atoms. The molecule has 0 radical (unpaired) electrons. The Morgan fingerprint density at radius 3 is 3.08 bits per heavy atom. The van der Waals surface area contributed by atoms with Gasteiger partial charge < -0.3 is 10.1 Å². The van der Waals surface area contributed by atoms with Crippen LogP contribution in [0.15, 0.2) is 24.3 Å². The molecule has 1 aromatic carbocycles.